The van der Waals surface area contributed by atoms with E-state index < -0.39 is 10.0 Å². The van der Waals surface area contributed by atoms with Crippen LogP contribution < -0.4 is 5.73 Å². The Morgan fingerprint density at radius 1 is 1.38 bits per heavy atom. The van der Waals surface area contributed by atoms with Crippen molar-refractivity contribution in [2.75, 3.05) is 19.3 Å². The van der Waals surface area contributed by atoms with Gasteiger partial charge in [0.2, 0.25) is 10.0 Å². The highest BCUT2D eigenvalue weighted by Gasteiger charge is 2.28. The van der Waals surface area contributed by atoms with E-state index in [1.807, 2.05) is 0 Å². The Balaban J connectivity index is 2.07. The van der Waals surface area contributed by atoms with Gasteiger partial charge in [0, 0.05) is 34.7 Å². The van der Waals surface area contributed by atoms with Crippen LogP contribution in [0.4, 0.5) is 0 Å². The second-order valence-electron chi connectivity index (χ2n) is 5.61. The smallest absolute Gasteiger partial charge is 0.211 e. The Bertz CT molecular complexity index is 587. The molecule has 0 amide bonds. The average Bonchev–Trinajstić information content (AvgIpc) is 2.37. The van der Waals surface area contributed by atoms with E-state index in [2.05, 4.69) is 0 Å². The Hall–Kier alpha value is -0.330. The highest BCUT2D eigenvalue weighted by atomic mass is 35.5. The maximum absolute atomic E-state index is 11.6. The molecule has 1 aromatic rings. The van der Waals surface area contributed by atoms with E-state index in [9.17, 15) is 8.42 Å². The largest absolute Gasteiger partial charge is 0.324 e. The number of sulfonamides is 1. The van der Waals surface area contributed by atoms with Gasteiger partial charge in [-0.1, -0.05) is 29.3 Å². The van der Waals surface area contributed by atoms with Gasteiger partial charge < -0.3 is 5.73 Å². The van der Waals surface area contributed by atoms with Crippen molar-refractivity contribution in [2.24, 2.45) is 11.7 Å². The van der Waals surface area contributed by atoms with Crippen molar-refractivity contribution < 1.29 is 8.42 Å². The lowest BCUT2D eigenvalue weighted by Gasteiger charge is -2.32. The highest BCUT2D eigenvalue weighted by molar-refractivity contribution is 7.88. The van der Waals surface area contributed by atoms with Crippen molar-refractivity contribution in [3.8, 4) is 0 Å². The summed E-state index contributed by atoms with van der Waals surface area (Å²) in [5, 5.41) is 1.12. The predicted molar refractivity (Wildman–Crippen MR) is 87.1 cm³/mol. The molecule has 1 saturated heterocycles. The molecule has 0 radical (unpaired) electrons. The van der Waals surface area contributed by atoms with Gasteiger partial charge in [-0.05, 0) is 37.3 Å². The summed E-state index contributed by atoms with van der Waals surface area (Å²) >= 11 is 12.3. The number of benzene rings is 1. The molecule has 1 aromatic carbocycles. The third kappa shape index (κ3) is 4.33. The average molecular weight is 351 g/mol. The van der Waals surface area contributed by atoms with E-state index in [-0.39, 0.29) is 12.0 Å². The molecule has 1 heterocycles. The first-order valence-corrected chi connectivity index (χ1v) is 9.54. The summed E-state index contributed by atoms with van der Waals surface area (Å²) in [6.45, 7) is 1.12. The fraction of sp³-hybridized carbons (Fsp3) is 0.571. The van der Waals surface area contributed by atoms with Gasteiger partial charge in [0.05, 0.1) is 6.26 Å². The second-order valence-corrected chi connectivity index (χ2v) is 8.40. The lowest BCUT2D eigenvalue weighted by molar-refractivity contribution is 0.247. The van der Waals surface area contributed by atoms with Crippen molar-refractivity contribution >= 4 is 33.2 Å². The number of hydrogen-bond donors (Lipinski definition) is 1. The summed E-state index contributed by atoms with van der Waals surface area (Å²) in [6.07, 6.45) is 3.76. The van der Waals surface area contributed by atoms with Crippen LogP contribution >= 0.6 is 23.2 Å². The molecule has 2 atom stereocenters. The minimum atomic E-state index is -3.14. The molecule has 0 spiro atoms. The second kappa shape index (κ2) is 6.84. The van der Waals surface area contributed by atoms with Gasteiger partial charge in [-0.2, -0.15) is 0 Å². The molecule has 0 aromatic heterocycles. The molecule has 4 nitrogen and oxygen atoms in total. The first-order valence-electron chi connectivity index (χ1n) is 6.93. The van der Waals surface area contributed by atoms with E-state index >= 15 is 0 Å². The fourth-order valence-electron chi connectivity index (χ4n) is 2.86. The van der Waals surface area contributed by atoms with Crippen molar-refractivity contribution in [3.05, 3.63) is 33.8 Å². The van der Waals surface area contributed by atoms with Gasteiger partial charge in [-0.25, -0.2) is 12.7 Å². The lowest BCUT2D eigenvalue weighted by atomic mass is 9.90. The van der Waals surface area contributed by atoms with Crippen LogP contribution in [-0.2, 0) is 10.0 Å². The molecule has 118 valence electrons. The van der Waals surface area contributed by atoms with E-state index in [1.165, 1.54) is 10.6 Å². The van der Waals surface area contributed by atoms with Crippen LogP contribution in [0.3, 0.4) is 0 Å². The Morgan fingerprint density at radius 2 is 2.00 bits per heavy atom. The number of nitrogens with zero attached hydrogens (tertiary/aromatic N) is 1. The van der Waals surface area contributed by atoms with Crippen molar-refractivity contribution in [1.29, 1.82) is 0 Å². The maximum atomic E-state index is 11.6. The van der Waals surface area contributed by atoms with Crippen LogP contribution in [0.2, 0.25) is 10.0 Å². The SMILES string of the molecule is CS(=O)(=O)N1CCCC(CC(N)c2c(Cl)cccc2Cl)C1. The van der Waals surface area contributed by atoms with Gasteiger partial charge in [0.1, 0.15) is 0 Å². The lowest BCUT2D eigenvalue weighted by Crippen LogP contribution is -2.40. The number of halogens is 2. The quantitative estimate of drug-likeness (QED) is 0.907. The number of rotatable bonds is 4. The Labute approximate surface area is 136 Å². The highest BCUT2D eigenvalue weighted by Crippen LogP contribution is 2.34. The summed E-state index contributed by atoms with van der Waals surface area (Å²) in [5.41, 5.74) is 6.99. The third-order valence-electron chi connectivity index (χ3n) is 3.91. The zero-order chi connectivity index (χ0) is 15.6. The van der Waals surface area contributed by atoms with Crippen LogP contribution in [0.15, 0.2) is 18.2 Å². The summed E-state index contributed by atoms with van der Waals surface area (Å²) in [5.74, 6) is 0.232. The minimum Gasteiger partial charge on any atom is -0.324 e. The van der Waals surface area contributed by atoms with E-state index in [0.29, 0.717) is 29.6 Å². The van der Waals surface area contributed by atoms with E-state index in [0.717, 1.165) is 18.4 Å². The molecule has 2 unspecified atom stereocenters. The molecular formula is C14H20Cl2N2O2S. The third-order valence-corrected chi connectivity index (χ3v) is 5.84. The summed E-state index contributed by atoms with van der Waals surface area (Å²) in [4.78, 5) is 0. The molecule has 7 heteroatoms. The van der Waals surface area contributed by atoms with Crippen molar-refractivity contribution in [2.45, 2.75) is 25.3 Å². The molecule has 0 aliphatic carbocycles. The van der Waals surface area contributed by atoms with Crippen molar-refractivity contribution in [3.63, 3.8) is 0 Å². The van der Waals surface area contributed by atoms with Crippen LogP contribution in [0, 0.1) is 5.92 Å². The van der Waals surface area contributed by atoms with Crippen LogP contribution in [0.5, 0.6) is 0 Å². The normalized spacial score (nSPS) is 22.2. The standard InChI is InChI=1S/C14H20Cl2N2O2S/c1-21(19,20)18-7-3-4-10(9-18)8-13(17)14-11(15)5-2-6-12(14)16/h2,5-6,10,13H,3-4,7-9,17H2,1H3. The van der Waals surface area contributed by atoms with Gasteiger partial charge >= 0.3 is 0 Å². The molecule has 1 aliphatic rings. The number of hydrogen-bond acceptors (Lipinski definition) is 3. The molecule has 1 aliphatic heterocycles. The zero-order valence-electron chi connectivity index (χ0n) is 11.9. The van der Waals surface area contributed by atoms with Gasteiger partial charge in [-0.3, -0.25) is 0 Å². The molecular weight excluding hydrogens is 331 g/mol. The Morgan fingerprint density at radius 3 is 2.57 bits per heavy atom. The molecule has 2 N–H and O–H groups in total. The molecule has 2 rings (SSSR count). The van der Waals surface area contributed by atoms with Gasteiger partial charge in [0.15, 0.2) is 0 Å². The van der Waals surface area contributed by atoms with Crippen LogP contribution in [0.25, 0.3) is 0 Å². The predicted octanol–water partition coefficient (Wildman–Crippen LogP) is 3.05. The topological polar surface area (TPSA) is 63.4 Å². The van der Waals surface area contributed by atoms with E-state index in [4.69, 9.17) is 28.9 Å². The Kier molecular flexibility index (Phi) is 5.54. The van der Waals surface area contributed by atoms with Crippen LogP contribution in [0.1, 0.15) is 30.9 Å². The van der Waals surface area contributed by atoms with Gasteiger partial charge in [0.25, 0.3) is 0 Å². The zero-order valence-corrected chi connectivity index (χ0v) is 14.3. The van der Waals surface area contributed by atoms with Crippen LogP contribution in [-0.4, -0.2) is 32.1 Å². The first kappa shape index (κ1) is 17.0. The number of nitrogens with two attached hydrogens (primary N) is 1. The summed E-state index contributed by atoms with van der Waals surface area (Å²) < 4.78 is 24.8. The van der Waals surface area contributed by atoms with Crippen molar-refractivity contribution in [1.82, 2.24) is 4.31 Å². The molecule has 0 saturated carbocycles. The fourth-order valence-corrected chi connectivity index (χ4v) is 4.48. The molecule has 1 fully saturated rings. The number of piperidine rings is 1. The summed E-state index contributed by atoms with van der Waals surface area (Å²) in [7, 11) is -3.14. The van der Waals surface area contributed by atoms with E-state index in [1.54, 1.807) is 18.2 Å². The minimum absolute atomic E-state index is 0.232. The van der Waals surface area contributed by atoms with Gasteiger partial charge in [-0.15, -0.1) is 0 Å². The first-order chi connectivity index (χ1) is 9.79. The molecule has 0 bridgehead atoms. The maximum Gasteiger partial charge on any atom is 0.211 e. The monoisotopic (exact) mass is 350 g/mol. The summed E-state index contributed by atoms with van der Waals surface area (Å²) in [6, 6.07) is 5.04. The molecule has 21 heavy (non-hydrogen) atoms.